The molecule has 4 nitrogen and oxygen atoms in total. The van der Waals surface area contributed by atoms with Crippen molar-refractivity contribution in [1.82, 2.24) is 14.0 Å². The van der Waals surface area contributed by atoms with Gasteiger partial charge in [0, 0.05) is 30.9 Å². The lowest BCUT2D eigenvalue weighted by Gasteiger charge is -1.98. The number of nitrogens with two attached hydrogens (primary N) is 1. The standard InChI is InChI=1S/C12H14N4S/c1-9-6-11-16(4-5-17-11)12(9)10-7-15(3-2-13)8-14-10/h4-8H,2-3,13H2,1H3. The Kier molecular flexibility index (Phi) is 2.49. The molecule has 2 N–H and O–H groups in total. The van der Waals surface area contributed by atoms with Gasteiger partial charge in [0.15, 0.2) is 0 Å². The number of aryl methyl sites for hydroxylation is 1. The van der Waals surface area contributed by atoms with Gasteiger partial charge < -0.3 is 14.7 Å². The molecule has 0 aliphatic heterocycles. The van der Waals surface area contributed by atoms with Gasteiger partial charge in [-0.05, 0) is 18.6 Å². The Labute approximate surface area is 103 Å². The van der Waals surface area contributed by atoms with Gasteiger partial charge in [0.05, 0.1) is 16.9 Å². The van der Waals surface area contributed by atoms with Crippen LogP contribution in [-0.4, -0.2) is 20.5 Å². The largest absolute Gasteiger partial charge is 0.336 e. The van der Waals surface area contributed by atoms with Crippen LogP contribution in [0, 0.1) is 6.92 Å². The van der Waals surface area contributed by atoms with Gasteiger partial charge in [-0.2, -0.15) is 0 Å². The first kappa shape index (κ1) is 10.6. The molecule has 0 fully saturated rings. The molecule has 0 saturated carbocycles. The van der Waals surface area contributed by atoms with Crippen LogP contribution in [0.15, 0.2) is 30.2 Å². The third kappa shape index (κ3) is 1.67. The number of aromatic nitrogens is 3. The van der Waals surface area contributed by atoms with Gasteiger partial charge in [-0.3, -0.25) is 0 Å². The van der Waals surface area contributed by atoms with Crippen LogP contribution in [0.25, 0.3) is 16.2 Å². The highest BCUT2D eigenvalue weighted by Crippen LogP contribution is 2.28. The van der Waals surface area contributed by atoms with Crippen molar-refractivity contribution in [3.8, 4) is 11.4 Å². The topological polar surface area (TPSA) is 48.2 Å². The number of imidazole rings is 1. The van der Waals surface area contributed by atoms with Gasteiger partial charge in [0.1, 0.15) is 5.69 Å². The van der Waals surface area contributed by atoms with Gasteiger partial charge in [-0.25, -0.2) is 4.98 Å². The number of hydrogen-bond donors (Lipinski definition) is 1. The summed E-state index contributed by atoms with van der Waals surface area (Å²) >= 11 is 1.74. The fourth-order valence-electron chi connectivity index (χ4n) is 2.10. The first-order chi connectivity index (χ1) is 8.29. The molecule has 3 heterocycles. The number of rotatable bonds is 3. The van der Waals surface area contributed by atoms with Crippen LogP contribution in [0.5, 0.6) is 0 Å². The van der Waals surface area contributed by atoms with E-state index in [-0.39, 0.29) is 0 Å². The number of hydrogen-bond acceptors (Lipinski definition) is 3. The second kappa shape index (κ2) is 4.01. The zero-order valence-corrected chi connectivity index (χ0v) is 10.4. The molecule has 0 aliphatic carbocycles. The molecule has 0 spiro atoms. The van der Waals surface area contributed by atoms with Crippen molar-refractivity contribution in [3.05, 3.63) is 35.7 Å². The van der Waals surface area contributed by atoms with Crippen molar-refractivity contribution in [2.75, 3.05) is 6.54 Å². The molecule has 0 unspecified atom stereocenters. The zero-order chi connectivity index (χ0) is 11.8. The molecular formula is C12H14N4S. The Morgan fingerprint density at radius 2 is 2.35 bits per heavy atom. The summed E-state index contributed by atoms with van der Waals surface area (Å²) in [5.74, 6) is 0. The van der Waals surface area contributed by atoms with Crippen molar-refractivity contribution < 1.29 is 0 Å². The summed E-state index contributed by atoms with van der Waals surface area (Å²) in [6.45, 7) is 3.57. The minimum atomic E-state index is 0.636. The second-order valence-electron chi connectivity index (χ2n) is 4.07. The van der Waals surface area contributed by atoms with Crippen LogP contribution >= 0.6 is 11.3 Å². The highest BCUT2D eigenvalue weighted by atomic mass is 32.1. The summed E-state index contributed by atoms with van der Waals surface area (Å²) in [6, 6.07) is 2.20. The van der Waals surface area contributed by atoms with Gasteiger partial charge in [0.2, 0.25) is 0 Å². The molecule has 3 aromatic heterocycles. The number of fused-ring (bicyclic) bond motifs is 1. The van der Waals surface area contributed by atoms with Crippen LogP contribution in [0.1, 0.15) is 5.56 Å². The molecule has 0 bridgehead atoms. The molecular weight excluding hydrogens is 232 g/mol. The van der Waals surface area contributed by atoms with Gasteiger partial charge in [0.25, 0.3) is 0 Å². The van der Waals surface area contributed by atoms with Crippen LogP contribution < -0.4 is 5.73 Å². The molecule has 0 atom stereocenters. The molecule has 0 aliphatic rings. The molecule has 17 heavy (non-hydrogen) atoms. The predicted molar refractivity (Wildman–Crippen MR) is 70.3 cm³/mol. The monoisotopic (exact) mass is 246 g/mol. The highest BCUT2D eigenvalue weighted by molar-refractivity contribution is 7.15. The van der Waals surface area contributed by atoms with E-state index in [4.69, 9.17) is 5.73 Å². The summed E-state index contributed by atoms with van der Waals surface area (Å²) in [5, 5.41) is 2.09. The van der Waals surface area contributed by atoms with E-state index in [9.17, 15) is 0 Å². The van der Waals surface area contributed by atoms with E-state index in [1.54, 1.807) is 11.3 Å². The van der Waals surface area contributed by atoms with E-state index in [0.717, 1.165) is 12.2 Å². The molecule has 0 aromatic carbocycles. The zero-order valence-electron chi connectivity index (χ0n) is 9.63. The minimum absolute atomic E-state index is 0.636. The maximum atomic E-state index is 5.54. The van der Waals surface area contributed by atoms with Gasteiger partial charge >= 0.3 is 0 Å². The van der Waals surface area contributed by atoms with Gasteiger partial charge in [-0.1, -0.05) is 0 Å². The summed E-state index contributed by atoms with van der Waals surface area (Å²) in [4.78, 5) is 5.71. The van der Waals surface area contributed by atoms with E-state index in [1.165, 1.54) is 16.1 Å². The normalized spacial score (nSPS) is 11.4. The highest BCUT2D eigenvalue weighted by Gasteiger charge is 2.12. The smallest absolute Gasteiger partial charge is 0.105 e. The van der Waals surface area contributed by atoms with Crippen LogP contribution in [0.3, 0.4) is 0 Å². The Hall–Kier alpha value is -1.59. The first-order valence-corrected chi connectivity index (χ1v) is 6.45. The molecule has 3 rings (SSSR count). The van der Waals surface area contributed by atoms with Crippen LogP contribution in [0.4, 0.5) is 0 Å². The van der Waals surface area contributed by atoms with E-state index in [1.807, 2.05) is 10.9 Å². The Morgan fingerprint density at radius 1 is 1.47 bits per heavy atom. The van der Waals surface area contributed by atoms with E-state index in [0.29, 0.717) is 6.54 Å². The SMILES string of the molecule is Cc1cc2sccn2c1-c1cn(CCN)cn1. The minimum Gasteiger partial charge on any atom is -0.336 e. The molecule has 0 saturated heterocycles. The third-order valence-corrected chi connectivity index (χ3v) is 3.67. The predicted octanol–water partition coefficient (Wildman–Crippen LogP) is 2.13. The number of nitrogens with zero attached hydrogens (tertiary/aromatic N) is 3. The van der Waals surface area contributed by atoms with Crippen molar-refractivity contribution in [2.24, 2.45) is 5.73 Å². The van der Waals surface area contributed by atoms with Crippen molar-refractivity contribution in [2.45, 2.75) is 13.5 Å². The molecule has 5 heteroatoms. The van der Waals surface area contributed by atoms with Crippen LogP contribution in [0.2, 0.25) is 0 Å². The summed E-state index contributed by atoms with van der Waals surface area (Å²) in [5.41, 5.74) is 8.99. The van der Waals surface area contributed by atoms with Crippen molar-refractivity contribution in [3.63, 3.8) is 0 Å². The van der Waals surface area contributed by atoms with Gasteiger partial charge in [-0.15, -0.1) is 11.3 Å². The maximum Gasteiger partial charge on any atom is 0.105 e. The summed E-state index contributed by atoms with van der Waals surface area (Å²) in [6.07, 6.45) is 5.98. The van der Waals surface area contributed by atoms with E-state index < -0.39 is 0 Å². The lowest BCUT2D eigenvalue weighted by Crippen LogP contribution is -2.07. The van der Waals surface area contributed by atoms with Crippen molar-refractivity contribution >= 4 is 16.2 Å². The summed E-state index contributed by atoms with van der Waals surface area (Å²) < 4.78 is 4.22. The number of thiazole rings is 1. The summed E-state index contributed by atoms with van der Waals surface area (Å²) in [7, 11) is 0. The molecule has 0 amide bonds. The lowest BCUT2D eigenvalue weighted by atomic mass is 10.2. The lowest BCUT2D eigenvalue weighted by molar-refractivity contribution is 0.708. The first-order valence-electron chi connectivity index (χ1n) is 5.57. The second-order valence-corrected chi connectivity index (χ2v) is 5.00. The van der Waals surface area contributed by atoms with E-state index >= 15 is 0 Å². The average Bonchev–Trinajstić information content (AvgIpc) is 2.94. The van der Waals surface area contributed by atoms with Crippen molar-refractivity contribution in [1.29, 1.82) is 0 Å². The quantitative estimate of drug-likeness (QED) is 0.769. The van der Waals surface area contributed by atoms with Crippen LogP contribution in [-0.2, 0) is 6.54 Å². The Morgan fingerprint density at radius 3 is 3.18 bits per heavy atom. The maximum absolute atomic E-state index is 5.54. The molecule has 3 aromatic rings. The third-order valence-electron chi connectivity index (χ3n) is 2.85. The Balaban J connectivity index is 2.12. The molecule has 88 valence electrons. The van der Waals surface area contributed by atoms with E-state index in [2.05, 4.69) is 40.1 Å². The molecule has 0 radical (unpaired) electrons. The fourth-order valence-corrected chi connectivity index (χ4v) is 2.93. The fraction of sp³-hybridized carbons (Fsp3) is 0.250. The Bertz CT molecular complexity index is 646. The average molecular weight is 246 g/mol.